The minimum Gasteiger partial charge on any atom is -0.466 e. The highest BCUT2D eigenvalue weighted by Crippen LogP contribution is 2.66. The van der Waals surface area contributed by atoms with Gasteiger partial charge in [0.2, 0.25) is 0 Å². The molecule has 0 aromatic heterocycles. The highest BCUT2D eigenvalue weighted by Gasteiger charge is 2.48. The molecule has 1 aromatic carbocycles. The van der Waals surface area contributed by atoms with Crippen molar-refractivity contribution in [2.45, 2.75) is 33.6 Å². The molecule has 1 atom stereocenters. The topological polar surface area (TPSA) is 117 Å². The number of dihydropyridines is 1. The SMILES string of the molecule is COC(=O)C1=C(C)NC(C)=C(P2(=O)OCC(C)(C)CO2)C1c1cccc([N+](=O)[O-])c1. The number of ether oxygens (including phenoxy) is 1. The smallest absolute Gasteiger partial charge is 0.360 e. The monoisotopic (exact) mass is 436 g/mol. The Morgan fingerprint density at radius 3 is 2.47 bits per heavy atom. The van der Waals surface area contributed by atoms with Crippen molar-refractivity contribution in [3.05, 3.63) is 62.2 Å². The third-order valence-corrected chi connectivity index (χ3v) is 7.21. The number of nitrogens with zero attached hydrogens (tertiary/aromatic N) is 1. The summed E-state index contributed by atoms with van der Waals surface area (Å²) in [4.78, 5) is 23.5. The van der Waals surface area contributed by atoms with E-state index in [1.54, 1.807) is 19.9 Å². The lowest BCUT2D eigenvalue weighted by molar-refractivity contribution is -0.384. The average Bonchev–Trinajstić information content (AvgIpc) is 2.69. The summed E-state index contributed by atoms with van der Waals surface area (Å²) in [5, 5.41) is 14.6. The van der Waals surface area contributed by atoms with Gasteiger partial charge in [0, 0.05) is 28.9 Å². The van der Waals surface area contributed by atoms with E-state index < -0.39 is 24.4 Å². The van der Waals surface area contributed by atoms with Gasteiger partial charge >= 0.3 is 13.6 Å². The highest BCUT2D eigenvalue weighted by molar-refractivity contribution is 7.58. The summed E-state index contributed by atoms with van der Waals surface area (Å²) < 4.78 is 30.3. The number of non-ortho nitro benzene ring substituents is 1. The molecule has 1 fully saturated rings. The Morgan fingerprint density at radius 1 is 1.27 bits per heavy atom. The van der Waals surface area contributed by atoms with Crippen LogP contribution < -0.4 is 5.32 Å². The van der Waals surface area contributed by atoms with Crippen molar-refractivity contribution in [3.63, 3.8) is 0 Å². The number of methoxy groups -OCH3 is 1. The predicted octanol–water partition coefficient (Wildman–Crippen LogP) is 4.23. The molecule has 30 heavy (non-hydrogen) atoms. The van der Waals surface area contributed by atoms with Crippen LogP contribution in [0.25, 0.3) is 0 Å². The van der Waals surface area contributed by atoms with E-state index in [1.165, 1.54) is 25.3 Å². The van der Waals surface area contributed by atoms with E-state index in [0.29, 0.717) is 17.0 Å². The summed E-state index contributed by atoms with van der Waals surface area (Å²) in [6.45, 7) is 7.68. The van der Waals surface area contributed by atoms with Crippen molar-refractivity contribution >= 4 is 19.3 Å². The lowest BCUT2D eigenvalue weighted by atomic mass is 9.86. The first-order valence-electron chi connectivity index (χ1n) is 9.40. The van der Waals surface area contributed by atoms with Crippen molar-refractivity contribution in [3.8, 4) is 0 Å². The van der Waals surface area contributed by atoms with Crippen LogP contribution in [0.1, 0.15) is 39.2 Å². The molecule has 0 spiro atoms. The van der Waals surface area contributed by atoms with Crippen LogP contribution in [0.3, 0.4) is 0 Å². The van der Waals surface area contributed by atoms with Gasteiger partial charge in [0.1, 0.15) is 0 Å². The Bertz CT molecular complexity index is 998. The zero-order chi connectivity index (χ0) is 22.3. The van der Waals surface area contributed by atoms with Crippen molar-refractivity contribution in [1.29, 1.82) is 0 Å². The molecule has 0 bridgehead atoms. The van der Waals surface area contributed by atoms with Crippen molar-refractivity contribution in [2.24, 2.45) is 5.41 Å². The number of nitrogens with one attached hydrogen (secondary N) is 1. The van der Waals surface area contributed by atoms with Gasteiger partial charge in [-0.05, 0) is 19.4 Å². The van der Waals surface area contributed by atoms with Gasteiger partial charge in [-0.1, -0.05) is 26.0 Å². The number of allylic oxidation sites excluding steroid dienone is 3. The Kier molecular flexibility index (Phi) is 5.91. The van der Waals surface area contributed by atoms with E-state index in [-0.39, 0.29) is 35.2 Å². The molecular formula is C20H25N2O7P. The molecule has 0 aliphatic carbocycles. The van der Waals surface area contributed by atoms with Crippen LogP contribution in [0.5, 0.6) is 0 Å². The molecule has 10 heteroatoms. The maximum Gasteiger partial charge on any atom is 0.360 e. The number of rotatable bonds is 4. The molecule has 0 amide bonds. The number of nitro groups is 1. The van der Waals surface area contributed by atoms with Crippen LogP contribution >= 0.6 is 7.60 Å². The maximum absolute atomic E-state index is 13.8. The normalized spacial score (nSPS) is 23.0. The van der Waals surface area contributed by atoms with Gasteiger partial charge in [0.15, 0.2) is 0 Å². The van der Waals surface area contributed by atoms with Crippen LogP contribution in [0.2, 0.25) is 0 Å². The van der Waals surface area contributed by atoms with Gasteiger partial charge in [-0.25, -0.2) is 4.79 Å². The summed E-state index contributed by atoms with van der Waals surface area (Å²) >= 11 is 0. The Labute approximate surface area is 174 Å². The summed E-state index contributed by atoms with van der Waals surface area (Å²) in [7, 11) is -2.55. The highest BCUT2D eigenvalue weighted by atomic mass is 31.2. The summed E-state index contributed by atoms with van der Waals surface area (Å²) in [6, 6.07) is 5.88. The number of benzene rings is 1. The van der Waals surface area contributed by atoms with E-state index >= 15 is 0 Å². The largest absolute Gasteiger partial charge is 0.466 e. The molecular weight excluding hydrogens is 411 g/mol. The van der Waals surface area contributed by atoms with Gasteiger partial charge in [-0.15, -0.1) is 0 Å². The number of hydrogen-bond donors (Lipinski definition) is 1. The fourth-order valence-electron chi connectivity index (χ4n) is 3.61. The van der Waals surface area contributed by atoms with Gasteiger partial charge in [-0.3, -0.25) is 14.7 Å². The van der Waals surface area contributed by atoms with Gasteiger partial charge < -0.3 is 19.1 Å². The molecule has 2 aliphatic rings. The molecule has 0 radical (unpaired) electrons. The third-order valence-electron chi connectivity index (χ3n) is 5.09. The number of hydrogen-bond acceptors (Lipinski definition) is 8. The van der Waals surface area contributed by atoms with Crippen LogP contribution in [0.4, 0.5) is 5.69 Å². The average molecular weight is 436 g/mol. The van der Waals surface area contributed by atoms with Crippen LogP contribution in [-0.2, 0) is 23.1 Å². The van der Waals surface area contributed by atoms with Crippen molar-refractivity contribution in [1.82, 2.24) is 5.32 Å². The fourth-order valence-corrected chi connectivity index (χ4v) is 6.06. The minimum atomic E-state index is -3.79. The van der Waals surface area contributed by atoms with E-state index in [0.717, 1.165) is 0 Å². The second kappa shape index (κ2) is 7.98. The number of carbonyl (C=O) groups is 1. The Hall–Kier alpha value is -2.48. The Morgan fingerprint density at radius 2 is 1.90 bits per heavy atom. The molecule has 3 rings (SSSR count). The summed E-state index contributed by atoms with van der Waals surface area (Å²) in [5.74, 6) is -1.52. The molecule has 2 aliphatic heterocycles. The van der Waals surface area contributed by atoms with E-state index in [9.17, 15) is 19.5 Å². The fraction of sp³-hybridized carbons (Fsp3) is 0.450. The molecule has 1 N–H and O–H groups in total. The molecule has 9 nitrogen and oxygen atoms in total. The zero-order valence-electron chi connectivity index (χ0n) is 17.6. The lowest BCUT2D eigenvalue weighted by Crippen LogP contribution is -2.33. The first-order chi connectivity index (χ1) is 14.0. The van der Waals surface area contributed by atoms with Crippen LogP contribution in [0, 0.1) is 15.5 Å². The molecule has 1 saturated heterocycles. The lowest BCUT2D eigenvalue weighted by Gasteiger charge is -2.39. The molecule has 1 unspecified atom stereocenters. The first-order valence-corrected chi connectivity index (χ1v) is 10.9. The summed E-state index contributed by atoms with van der Waals surface area (Å²) in [6.07, 6.45) is 0. The minimum absolute atomic E-state index is 0.144. The van der Waals surface area contributed by atoms with Crippen molar-refractivity contribution in [2.75, 3.05) is 20.3 Å². The van der Waals surface area contributed by atoms with Crippen LogP contribution in [0.15, 0.2) is 46.5 Å². The number of nitro benzene ring substituents is 1. The van der Waals surface area contributed by atoms with E-state index in [4.69, 9.17) is 13.8 Å². The summed E-state index contributed by atoms with van der Waals surface area (Å²) in [5.41, 5.74) is 1.18. The van der Waals surface area contributed by atoms with E-state index in [2.05, 4.69) is 5.32 Å². The second-order valence-corrected chi connectivity index (χ2v) is 10.2. The number of carbonyl (C=O) groups excluding carboxylic acids is 1. The van der Waals surface area contributed by atoms with Gasteiger partial charge in [0.25, 0.3) is 5.69 Å². The van der Waals surface area contributed by atoms with E-state index in [1.807, 2.05) is 13.8 Å². The quantitative estimate of drug-likeness (QED) is 0.323. The second-order valence-electron chi connectivity index (χ2n) is 8.16. The first kappa shape index (κ1) is 22.2. The molecule has 0 saturated carbocycles. The Balaban J connectivity index is 2.20. The molecule has 2 heterocycles. The number of esters is 1. The molecule has 162 valence electrons. The zero-order valence-corrected chi connectivity index (χ0v) is 18.4. The van der Waals surface area contributed by atoms with Crippen LogP contribution in [-0.4, -0.2) is 31.2 Å². The van der Waals surface area contributed by atoms with Gasteiger partial charge in [0.05, 0.1) is 42.1 Å². The predicted molar refractivity (Wildman–Crippen MR) is 110 cm³/mol. The third kappa shape index (κ3) is 4.05. The molecule has 1 aromatic rings. The maximum atomic E-state index is 13.8. The standard InChI is InChI=1S/C20H25N2O7P/c1-12-16(19(23)27-5)17(14-7-6-8-15(9-14)22(24)25)18(13(2)21-12)30(26)28-10-20(3,4)11-29-30/h6-9,17,21H,10-11H2,1-5H3. The van der Waals surface area contributed by atoms with Gasteiger partial charge in [-0.2, -0.15) is 0 Å². The van der Waals surface area contributed by atoms with Crippen molar-refractivity contribution < 1.29 is 28.1 Å².